The number of halogens is 1. The fourth-order valence-corrected chi connectivity index (χ4v) is 5.81. The van der Waals surface area contributed by atoms with Gasteiger partial charge in [-0.15, -0.1) is 0 Å². The summed E-state index contributed by atoms with van der Waals surface area (Å²) in [6.07, 6.45) is 17.6. The predicted molar refractivity (Wildman–Crippen MR) is 197 cm³/mol. The first kappa shape index (κ1) is 37.9. The number of rotatable bonds is 12. The number of allylic oxidation sites excluding steroid dienone is 7. The van der Waals surface area contributed by atoms with Crippen molar-refractivity contribution in [2.75, 3.05) is 39.1 Å². The van der Waals surface area contributed by atoms with Crippen LogP contribution in [0.25, 0.3) is 11.4 Å². The van der Waals surface area contributed by atoms with Crippen molar-refractivity contribution in [1.29, 1.82) is 0 Å². The Bertz CT molecular complexity index is 1910. The molecule has 1 saturated heterocycles. The molecule has 0 spiro atoms. The van der Waals surface area contributed by atoms with E-state index in [4.69, 9.17) is 0 Å². The van der Waals surface area contributed by atoms with E-state index in [2.05, 4.69) is 28.6 Å². The second-order valence-corrected chi connectivity index (χ2v) is 13.8. The third kappa shape index (κ3) is 8.80. The molecule has 4 rings (SSSR count). The van der Waals surface area contributed by atoms with Crippen LogP contribution in [0, 0.1) is 11.3 Å². The summed E-state index contributed by atoms with van der Waals surface area (Å²) in [5.74, 6) is -0.481. The number of carbonyl (C=O) groups excluding carboxylic acids is 1. The first-order valence-corrected chi connectivity index (χ1v) is 16.6. The van der Waals surface area contributed by atoms with E-state index in [0.717, 1.165) is 6.54 Å². The van der Waals surface area contributed by atoms with Crippen molar-refractivity contribution in [2.45, 2.75) is 46.2 Å². The Morgan fingerprint density at radius 3 is 2.54 bits per heavy atom. The Morgan fingerprint density at radius 2 is 1.86 bits per heavy atom. The number of carbonyl (C=O) groups is 1. The standard InChI is InChI=1S/C38H48FN7O4/c1-9-13-28(14-12-16-32-35(48)44(7)19-18-43(32)6)41-34-37(50)45(8)23-31(42-34)29(25(2)24-47)15-10-11-17-46-36(49)33-26(22-40-46)20-27(21-30(33)39)38(3,4)5/h9-15,21-23,27,32,47H,1-2,16-20,24H2,3-8H3,(H,41,42)/b11-10-,14-12-,28-13+,29-15+. The number of aryl methyl sites for hydroxylation is 1. The first-order valence-electron chi connectivity index (χ1n) is 16.6. The maximum atomic E-state index is 15.1. The molecule has 2 N–H and O–H groups in total. The number of anilines is 1. The number of likely N-dealkylation sites (N-methyl/N-ethyl adjacent to an activating group) is 2. The van der Waals surface area contributed by atoms with E-state index in [1.54, 1.807) is 61.6 Å². The van der Waals surface area contributed by atoms with Crippen LogP contribution in [-0.4, -0.2) is 80.0 Å². The molecule has 266 valence electrons. The quantitative estimate of drug-likeness (QED) is 0.318. The van der Waals surface area contributed by atoms with Gasteiger partial charge in [0.25, 0.3) is 11.1 Å². The average molecular weight is 686 g/mol. The molecule has 0 saturated carbocycles. The molecule has 1 aliphatic carbocycles. The molecule has 3 heterocycles. The van der Waals surface area contributed by atoms with E-state index in [0.29, 0.717) is 47.5 Å². The summed E-state index contributed by atoms with van der Waals surface area (Å²) in [6.45, 7) is 15.0. The lowest BCUT2D eigenvalue weighted by molar-refractivity contribution is -0.139. The van der Waals surface area contributed by atoms with Crippen molar-refractivity contribution in [1.82, 2.24) is 29.1 Å². The van der Waals surface area contributed by atoms with E-state index in [-0.39, 0.29) is 47.8 Å². The van der Waals surface area contributed by atoms with Crippen LogP contribution in [0.4, 0.5) is 10.2 Å². The van der Waals surface area contributed by atoms with E-state index in [1.807, 2.05) is 38.8 Å². The minimum Gasteiger partial charge on any atom is -0.392 e. The molecule has 0 radical (unpaired) electrons. The van der Waals surface area contributed by atoms with Crippen LogP contribution in [0.1, 0.15) is 44.0 Å². The number of aromatic nitrogens is 4. The number of amides is 1. The van der Waals surface area contributed by atoms with Crippen molar-refractivity contribution in [3.8, 4) is 0 Å². The van der Waals surface area contributed by atoms with Gasteiger partial charge in [0, 0.05) is 44.7 Å². The highest BCUT2D eigenvalue weighted by Crippen LogP contribution is 2.37. The number of aliphatic hydroxyl groups is 1. The zero-order valence-corrected chi connectivity index (χ0v) is 29.8. The molecule has 2 aromatic rings. The van der Waals surface area contributed by atoms with Crippen LogP contribution in [0.2, 0.25) is 0 Å². The van der Waals surface area contributed by atoms with Crippen LogP contribution in [-0.2, 0) is 24.8 Å². The molecular formula is C38H48FN7O4. The molecule has 1 amide bonds. The highest BCUT2D eigenvalue weighted by molar-refractivity contribution is 5.82. The van der Waals surface area contributed by atoms with Crippen LogP contribution in [0.5, 0.6) is 0 Å². The van der Waals surface area contributed by atoms with Gasteiger partial charge >= 0.3 is 0 Å². The van der Waals surface area contributed by atoms with Gasteiger partial charge in [-0.2, -0.15) is 5.10 Å². The molecule has 2 aromatic heterocycles. The third-order valence-electron chi connectivity index (χ3n) is 9.06. The number of aliphatic hydroxyl groups excluding tert-OH is 1. The van der Waals surface area contributed by atoms with Crippen molar-refractivity contribution in [2.24, 2.45) is 18.4 Å². The topological polar surface area (TPSA) is 126 Å². The molecule has 2 unspecified atom stereocenters. The van der Waals surface area contributed by atoms with Gasteiger partial charge in [-0.1, -0.05) is 64.3 Å². The van der Waals surface area contributed by atoms with Crippen molar-refractivity contribution in [3.63, 3.8) is 0 Å². The zero-order chi connectivity index (χ0) is 36.7. The van der Waals surface area contributed by atoms with Crippen LogP contribution in [0.3, 0.4) is 0 Å². The molecule has 1 aliphatic heterocycles. The van der Waals surface area contributed by atoms with Gasteiger partial charge in [0.15, 0.2) is 5.82 Å². The highest BCUT2D eigenvalue weighted by Gasteiger charge is 2.31. The Morgan fingerprint density at radius 1 is 1.12 bits per heavy atom. The molecular weight excluding hydrogens is 637 g/mol. The van der Waals surface area contributed by atoms with Gasteiger partial charge in [-0.3, -0.25) is 19.3 Å². The van der Waals surface area contributed by atoms with Gasteiger partial charge in [0.1, 0.15) is 5.83 Å². The lowest BCUT2D eigenvalue weighted by atomic mass is 9.74. The number of nitrogens with one attached hydrogen (secondary N) is 1. The third-order valence-corrected chi connectivity index (χ3v) is 9.06. The summed E-state index contributed by atoms with van der Waals surface area (Å²) in [5, 5.41) is 17.3. The lowest BCUT2D eigenvalue weighted by Gasteiger charge is -2.36. The molecule has 0 aromatic carbocycles. The van der Waals surface area contributed by atoms with Gasteiger partial charge in [0.05, 0.1) is 36.6 Å². The lowest BCUT2D eigenvalue weighted by Crippen LogP contribution is -2.53. The second-order valence-electron chi connectivity index (χ2n) is 13.8. The Kier molecular flexibility index (Phi) is 12.3. The summed E-state index contributed by atoms with van der Waals surface area (Å²) in [6, 6.07) is -0.282. The van der Waals surface area contributed by atoms with Crippen LogP contribution >= 0.6 is 0 Å². The van der Waals surface area contributed by atoms with Gasteiger partial charge < -0.3 is 19.9 Å². The molecule has 2 atom stereocenters. The van der Waals surface area contributed by atoms with Gasteiger partial charge in [0.2, 0.25) is 5.91 Å². The summed E-state index contributed by atoms with van der Waals surface area (Å²) in [7, 11) is 5.31. The van der Waals surface area contributed by atoms with Crippen LogP contribution in [0.15, 0.2) is 95.0 Å². The van der Waals surface area contributed by atoms with Gasteiger partial charge in [-0.05, 0) is 60.6 Å². The normalized spacial score (nSPS) is 19.2. The maximum Gasteiger partial charge on any atom is 0.293 e. The summed E-state index contributed by atoms with van der Waals surface area (Å²) >= 11 is 0. The van der Waals surface area contributed by atoms with Gasteiger partial charge in [-0.25, -0.2) is 14.1 Å². The average Bonchev–Trinajstić information content (AvgIpc) is 3.06. The fourth-order valence-electron chi connectivity index (χ4n) is 5.81. The molecule has 50 heavy (non-hydrogen) atoms. The Balaban J connectivity index is 1.56. The van der Waals surface area contributed by atoms with E-state index >= 15 is 4.39 Å². The SMILES string of the molecule is C=C/C=C(\C=C/CC1C(=O)N(C)CCN1C)Nc1nc(/C(=C/C=C\Cn2ncc3c(c2=O)C(F)=CC(C(C)(C)C)C3)C(=C)CO)cn(C)c1=O. The number of fused-ring (bicyclic) bond motifs is 1. The number of nitrogens with zero attached hydrogens (tertiary/aromatic N) is 6. The fraction of sp³-hybridized carbons (Fsp3) is 0.395. The largest absolute Gasteiger partial charge is 0.392 e. The Labute approximate surface area is 292 Å². The van der Waals surface area contributed by atoms with E-state index in [1.165, 1.54) is 21.5 Å². The molecule has 2 aliphatic rings. The monoisotopic (exact) mass is 685 g/mol. The number of hydrogen-bond acceptors (Lipinski definition) is 8. The van der Waals surface area contributed by atoms with E-state index in [9.17, 15) is 19.5 Å². The summed E-state index contributed by atoms with van der Waals surface area (Å²) in [5.41, 5.74) is 1.32. The summed E-state index contributed by atoms with van der Waals surface area (Å²) < 4.78 is 17.7. The molecule has 11 nitrogen and oxygen atoms in total. The molecule has 1 fully saturated rings. The summed E-state index contributed by atoms with van der Waals surface area (Å²) in [4.78, 5) is 47.3. The minimum absolute atomic E-state index is 0.0301. The Hall–Kier alpha value is -4.94. The second kappa shape index (κ2) is 16.2. The highest BCUT2D eigenvalue weighted by atomic mass is 19.1. The zero-order valence-electron chi connectivity index (χ0n) is 29.8. The molecule has 0 bridgehead atoms. The maximum absolute atomic E-state index is 15.1. The van der Waals surface area contributed by atoms with Crippen molar-refractivity contribution >= 4 is 23.1 Å². The minimum atomic E-state index is -0.524. The first-order chi connectivity index (χ1) is 23.7. The van der Waals surface area contributed by atoms with Crippen LogP contribution < -0.4 is 16.4 Å². The predicted octanol–water partition coefficient (Wildman–Crippen LogP) is 4.25. The van der Waals surface area contributed by atoms with E-state index < -0.39 is 16.9 Å². The smallest absolute Gasteiger partial charge is 0.293 e. The molecule has 12 heteroatoms. The number of piperazine rings is 1. The van der Waals surface area contributed by atoms with Crippen molar-refractivity contribution in [3.05, 3.63) is 123 Å². The number of hydrogen-bond donors (Lipinski definition) is 2. The van der Waals surface area contributed by atoms with Crippen molar-refractivity contribution < 1.29 is 14.3 Å².